The van der Waals surface area contributed by atoms with Crippen LogP contribution in [0.1, 0.15) is 11.1 Å². The molecule has 0 spiro atoms. The Bertz CT molecular complexity index is 792. The molecule has 0 bridgehead atoms. The topological polar surface area (TPSA) is 80.6 Å². The predicted octanol–water partition coefficient (Wildman–Crippen LogP) is 0.0904. The van der Waals surface area contributed by atoms with E-state index in [1.165, 1.54) is 28.5 Å². The molecule has 0 unspecified atom stereocenters. The highest BCUT2D eigenvalue weighted by atomic mass is 16.5. The zero-order valence-corrected chi connectivity index (χ0v) is 14.5. The number of carbonyl (C=O) groups excluding carboxylic acids is 2. The van der Waals surface area contributed by atoms with Gasteiger partial charge in [-0.3, -0.25) is 9.59 Å². The molecule has 1 aromatic heterocycles. The van der Waals surface area contributed by atoms with E-state index in [9.17, 15) is 9.59 Å². The minimum atomic E-state index is -0.603. The average molecular weight is 355 g/mol. The Morgan fingerprint density at radius 2 is 2.00 bits per heavy atom. The highest BCUT2D eigenvalue weighted by Gasteiger charge is 2.33. The number of aromatic nitrogens is 3. The summed E-state index contributed by atoms with van der Waals surface area (Å²) in [6, 6.07) is 8.19. The van der Waals surface area contributed by atoms with Crippen LogP contribution in [0.2, 0.25) is 0 Å². The minimum Gasteiger partial charge on any atom is -0.365 e. The second kappa shape index (κ2) is 7.25. The summed E-state index contributed by atoms with van der Waals surface area (Å²) in [7, 11) is 0. The van der Waals surface area contributed by atoms with E-state index in [0.717, 1.165) is 6.42 Å². The number of amides is 2. The van der Waals surface area contributed by atoms with Gasteiger partial charge in [-0.2, -0.15) is 5.10 Å². The van der Waals surface area contributed by atoms with Crippen molar-refractivity contribution in [3.05, 3.63) is 48.0 Å². The van der Waals surface area contributed by atoms with Crippen molar-refractivity contribution in [2.75, 3.05) is 26.2 Å². The Kier molecular flexibility index (Phi) is 4.66. The third-order valence-electron chi connectivity index (χ3n) is 4.90. The molecule has 2 aliphatic heterocycles. The maximum absolute atomic E-state index is 12.9. The molecule has 8 heteroatoms. The van der Waals surface area contributed by atoms with E-state index >= 15 is 0 Å². The first-order valence-electron chi connectivity index (χ1n) is 8.78. The molecule has 136 valence electrons. The zero-order chi connectivity index (χ0) is 17.9. The van der Waals surface area contributed by atoms with Crippen molar-refractivity contribution < 1.29 is 14.3 Å². The monoisotopic (exact) mass is 355 g/mol. The SMILES string of the molecule is O=C(Cn1cncn1)N1CCO[C@@H](C(=O)N2CCc3ccccc3C2)C1. The van der Waals surface area contributed by atoms with Crippen LogP contribution in [-0.2, 0) is 33.8 Å². The fourth-order valence-electron chi connectivity index (χ4n) is 3.47. The van der Waals surface area contributed by atoms with Crippen LogP contribution in [0.15, 0.2) is 36.9 Å². The first-order chi connectivity index (χ1) is 12.7. The van der Waals surface area contributed by atoms with Crippen LogP contribution < -0.4 is 0 Å². The molecular formula is C18H21N5O3. The summed E-state index contributed by atoms with van der Waals surface area (Å²) in [6.45, 7) is 2.54. The highest BCUT2D eigenvalue weighted by Crippen LogP contribution is 2.20. The number of hydrogen-bond donors (Lipinski definition) is 0. The standard InChI is InChI=1S/C18H21N5O3/c24-17(11-23-13-19-12-20-23)21-7-8-26-16(10-21)18(25)22-6-5-14-3-1-2-4-15(14)9-22/h1-4,12-13,16H,5-11H2/t16-/m1/s1. The van der Waals surface area contributed by atoms with Crippen LogP contribution >= 0.6 is 0 Å². The van der Waals surface area contributed by atoms with E-state index < -0.39 is 6.10 Å². The van der Waals surface area contributed by atoms with E-state index in [1.54, 1.807) is 4.90 Å². The number of rotatable bonds is 3. The van der Waals surface area contributed by atoms with E-state index in [0.29, 0.717) is 26.2 Å². The lowest BCUT2D eigenvalue weighted by molar-refractivity contribution is -0.155. The average Bonchev–Trinajstić information content (AvgIpc) is 3.20. The van der Waals surface area contributed by atoms with Crippen LogP contribution in [0, 0.1) is 0 Å². The Balaban J connectivity index is 1.38. The van der Waals surface area contributed by atoms with Crippen molar-refractivity contribution >= 4 is 11.8 Å². The van der Waals surface area contributed by atoms with Crippen LogP contribution in [0.25, 0.3) is 0 Å². The summed E-state index contributed by atoms with van der Waals surface area (Å²) in [5, 5.41) is 3.95. The van der Waals surface area contributed by atoms with Gasteiger partial charge in [0.25, 0.3) is 5.91 Å². The number of morpholine rings is 1. The maximum atomic E-state index is 12.9. The quantitative estimate of drug-likeness (QED) is 0.780. The Morgan fingerprint density at radius 1 is 1.15 bits per heavy atom. The van der Waals surface area contributed by atoms with Gasteiger partial charge in [0, 0.05) is 19.6 Å². The highest BCUT2D eigenvalue weighted by molar-refractivity contribution is 5.83. The molecule has 1 fully saturated rings. The van der Waals surface area contributed by atoms with Gasteiger partial charge in [0.15, 0.2) is 6.10 Å². The van der Waals surface area contributed by atoms with Gasteiger partial charge in [-0.25, -0.2) is 9.67 Å². The molecule has 8 nitrogen and oxygen atoms in total. The number of nitrogens with zero attached hydrogens (tertiary/aromatic N) is 5. The third-order valence-corrected chi connectivity index (χ3v) is 4.90. The molecule has 1 atom stereocenters. The number of hydrogen-bond acceptors (Lipinski definition) is 5. The normalized spacial score (nSPS) is 19.9. The summed E-state index contributed by atoms with van der Waals surface area (Å²) in [5.41, 5.74) is 2.48. The molecule has 0 N–H and O–H groups in total. The van der Waals surface area contributed by atoms with Gasteiger partial charge in [-0.15, -0.1) is 0 Å². The molecule has 1 saturated heterocycles. The molecule has 2 aliphatic rings. The molecule has 3 heterocycles. The van der Waals surface area contributed by atoms with E-state index in [2.05, 4.69) is 22.2 Å². The lowest BCUT2D eigenvalue weighted by atomic mass is 9.99. The van der Waals surface area contributed by atoms with Crippen molar-refractivity contribution in [3.63, 3.8) is 0 Å². The fourth-order valence-corrected chi connectivity index (χ4v) is 3.47. The number of ether oxygens (including phenoxy) is 1. The molecule has 0 radical (unpaired) electrons. The lowest BCUT2D eigenvalue weighted by Gasteiger charge is -2.36. The Labute approximate surface area is 151 Å². The smallest absolute Gasteiger partial charge is 0.253 e. The van der Waals surface area contributed by atoms with Crippen molar-refractivity contribution in [1.29, 1.82) is 0 Å². The van der Waals surface area contributed by atoms with E-state index in [4.69, 9.17) is 4.74 Å². The largest absolute Gasteiger partial charge is 0.365 e. The van der Waals surface area contributed by atoms with Crippen LogP contribution in [-0.4, -0.2) is 68.7 Å². The van der Waals surface area contributed by atoms with E-state index in [1.807, 2.05) is 17.0 Å². The first-order valence-corrected chi connectivity index (χ1v) is 8.78. The minimum absolute atomic E-state index is 0.0437. The Morgan fingerprint density at radius 3 is 2.81 bits per heavy atom. The summed E-state index contributed by atoms with van der Waals surface area (Å²) in [6.07, 6.45) is 3.15. The van der Waals surface area contributed by atoms with Crippen LogP contribution in [0.3, 0.4) is 0 Å². The molecule has 0 saturated carbocycles. The van der Waals surface area contributed by atoms with E-state index in [-0.39, 0.29) is 24.9 Å². The number of benzene rings is 1. The summed E-state index contributed by atoms with van der Waals surface area (Å²) >= 11 is 0. The van der Waals surface area contributed by atoms with Crippen molar-refractivity contribution in [3.8, 4) is 0 Å². The van der Waals surface area contributed by atoms with Gasteiger partial charge < -0.3 is 14.5 Å². The zero-order valence-electron chi connectivity index (χ0n) is 14.5. The van der Waals surface area contributed by atoms with Crippen molar-refractivity contribution in [2.45, 2.75) is 25.6 Å². The summed E-state index contributed by atoms with van der Waals surface area (Å²) < 4.78 is 7.16. The van der Waals surface area contributed by atoms with Gasteiger partial charge in [0.1, 0.15) is 19.2 Å². The number of fused-ring (bicyclic) bond motifs is 1. The second-order valence-corrected chi connectivity index (χ2v) is 6.57. The lowest BCUT2D eigenvalue weighted by Crippen LogP contribution is -2.53. The molecule has 26 heavy (non-hydrogen) atoms. The second-order valence-electron chi connectivity index (χ2n) is 6.57. The van der Waals surface area contributed by atoms with Gasteiger partial charge in [0.2, 0.25) is 5.91 Å². The summed E-state index contributed by atoms with van der Waals surface area (Å²) in [4.78, 5) is 32.7. The third kappa shape index (κ3) is 3.45. The fraction of sp³-hybridized carbons (Fsp3) is 0.444. The molecule has 1 aromatic carbocycles. The molecule has 0 aliphatic carbocycles. The molecular weight excluding hydrogens is 334 g/mol. The molecule has 4 rings (SSSR count). The van der Waals surface area contributed by atoms with Gasteiger partial charge in [0.05, 0.1) is 13.2 Å². The Hall–Kier alpha value is -2.74. The maximum Gasteiger partial charge on any atom is 0.253 e. The number of carbonyl (C=O) groups is 2. The van der Waals surface area contributed by atoms with Crippen LogP contribution in [0.4, 0.5) is 0 Å². The molecule has 2 amide bonds. The van der Waals surface area contributed by atoms with Crippen LogP contribution in [0.5, 0.6) is 0 Å². The summed E-state index contributed by atoms with van der Waals surface area (Å²) in [5.74, 6) is -0.127. The molecule has 2 aromatic rings. The van der Waals surface area contributed by atoms with Crippen molar-refractivity contribution in [2.24, 2.45) is 0 Å². The van der Waals surface area contributed by atoms with Gasteiger partial charge >= 0.3 is 0 Å². The van der Waals surface area contributed by atoms with Gasteiger partial charge in [-0.1, -0.05) is 24.3 Å². The first kappa shape index (κ1) is 16.7. The predicted molar refractivity (Wildman–Crippen MR) is 91.9 cm³/mol. The van der Waals surface area contributed by atoms with Crippen molar-refractivity contribution in [1.82, 2.24) is 24.6 Å². The van der Waals surface area contributed by atoms with Gasteiger partial charge in [-0.05, 0) is 17.5 Å².